The molecule has 158 valence electrons. The molecule has 3 rings (SSSR count). The molecule has 0 aliphatic rings. The monoisotopic (exact) mass is 508 g/mol. The predicted molar refractivity (Wildman–Crippen MR) is 121 cm³/mol. The molecule has 1 aromatic heterocycles. The van der Waals surface area contributed by atoms with Crippen LogP contribution in [0.2, 0.25) is 0 Å². The molecule has 1 heterocycles. The average Bonchev–Trinajstić information content (AvgIpc) is 3.27. The molecule has 1 amide bonds. The van der Waals surface area contributed by atoms with E-state index >= 15 is 0 Å². The first kappa shape index (κ1) is 22.5. The molecule has 0 radical (unpaired) electrons. The fraction of sp³-hybridized carbons (Fsp3) is 0.190. The van der Waals surface area contributed by atoms with Crippen LogP contribution in [0.15, 0.2) is 75.4 Å². The van der Waals surface area contributed by atoms with Gasteiger partial charge in [0.25, 0.3) is 0 Å². The molecule has 2 aromatic carbocycles. The highest BCUT2D eigenvalue weighted by molar-refractivity contribution is 9.10. The zero-order valence-corrected chi connectivity index (χ0v) is 19.4. The van der Waals surface area contributed by atoms with Crippen molar-refractivity contribution in [1.29, 1.82) is 0 Å². The van der Waals surface area contributed by atoms with E-state index in [0.29, 0.717) is 6.54 Å². The van der Waals surface area contributed by atoms with Crippen molar-refractivity contribution in [2.45, 2.75) is 23.9 Å². The number of carbonyl (C=O) groups is 1. The van der Waals surface area contributed by atoms with Crippen molar-refractivity contribution in [2.75, 3.05) is 7.11 Å². The summed E-state index contributed by atoms with van der Waals surface area (Å²) in [5.41, 5.74) is 0.923. The highest BCUT2D eigenvalue weighted by Crippen LogP contribution is 2.25. The minimum atomic E-state index is -3.78. The van der Waals surface area contributed by atoms with Gasteiger partial charge in [0.1, 0.15) is 5.75 Å². The van der Waals surface area contributed by atoms with Crippen molar-refractivity contribution >= 4 is 43.2 Å². The first-order valence-corrected chi connectivity index (χ1v) is 12.2. The largest absolute Gasteiger partial charge is 0.497 e. The Balaban J connectivity index is 1.68. The van der Waals surface area contributed by atoms with Crippen LogP contribution in [-0.2, 0) is 21.4 Å². The van der Waals surface area contributed by atoms with Gasteiger partial charge in [-0.25, -0.2) is 13.1 Å². The quantitative estimate of drug-likeness (QED) is 0.452. The number of hydrogen-bond acceptors (Lipinski definition) is 5. The number of methoxy groups -OCH3 is 1. The first-order valence-electron chi connectivity index (χ1n) is 9.08. The van der Waals surface area contributed by atoms with Crippen LogP contribution in [0.3, 0.4) is 0 Å². The fourth-order valence-electron chi connectivity index (χ4n) is 2.76. The Kier molecular flexibility index (Phi) is 7.65. The molecule has 6 nitrogen and oxygen atoms in total. The van der Waals surface area contributed by atoms with Gasteiger partial charge in [-0.05, 0) is 53.4 Å². The van der Waals surface area contributed by atoms with Gasteiger partial charge in [-0.15, -0.1) is 11.3 Å². The Morgan fingerprint density at radius 3 is 2.40 bits per heavy atom. The third-order valence-electron chi connectivity index (χ3n) is 4.35. The van der Waals surface area contributed by atoms with Crippen LogP contribution < -0.4 is 14.8 Å². The van der Waals surface area contributed by atoms with Crippen LogP contribution in [0.5, 0.6) is 5.75 Å². The third-order valence-corrected chi connectivity index (χ3v) is 7.35. The van der Waals surface area contributed by atoms with E-state index in [1.54, 1.807) is 19.2 Å². The lowest BCUT2D eigenvalue weighted by Gasteiger charge is -2.18. The van der Waals surface area contributed by atoms with Gasteiger partial charge in [0.05, 0.1) is 18.0 Å². The van der Waals surface area contributed by atoms with Crippen LogP contribution >= 0.6 is 27.3 Å². The Labute approximate surface area is 188 Å². The number of ether oxygens (including phenoxy) is 1. The minimum Gasteiger partial charge on any atom is -0.497 e. The summed E-state index contributed by atoms with van der Waals surface area (Å²) in [6.07, 6.45) is -0.00751. The number of nitrogens with one attached hydrogen (secondary N) is 2. The Bertz CT molecular complexity index is 1070. The maximum Gasteiger partial charge on any atom is 0.241 e. The van der Waals surface area contributed by atoms with E-state index in [2.05, 4.69) is 26.0 Å². The molecule has 1 atom stereocenters. The number of amides is 1. The number of benzene rings is 2. The van der Waals surface area contributed by atoms with Crippen molar-refractivity contribution in [3.8, 4) is 5.75 Å². The lowest BCUT2D eigenvalue weighted by atomic mass is 10.1. The normalized spacial score (nSPS) is 12.3. The molecular weight excluding hydrogens is 488 g/mol. The van der Waals surface area contributed by atoms with Crippen LogP contribution in [0.25, 0.3) is 0 Å². The molecule has 3 aromatic rings. The molecule has 0 aliphatic carbocycles. The molecule has 0 saturated heterocycles. The number of halogens is 1. The van der Waals surface area contributed by atoms with Gasteiger partial charge in [0.15, 0.2) is 0 Å². The maximum absolute atomic E-state index is 12.8. The number of hydrogen-bond donors (Lipinski definition) is 2. The molecule has 0 unspecified atom stereocenters. The van der Waals surface area contributed by atoms with Crippen molar-refractivity contribution in [3.05, 3.63) is 81.0 Å². The molecule has 0 fully saturated rings. The molecule has 9 heteroatoms. The van der Waals surface area contributed by atoms with E-state index in [1.165, 1.54) is 23.5 Å². The van der Waals surface area contributed by atoms with Crippen LogP contribution in [0.4, 0.5) is 0 Å². The van der Waals surface area contributed by atoms with Gasteiger partial charge in [-0.1, -0.05) is 34.1 Å². The van der Waals surface area contributed by atoms with E-state index in [9.17, 15) is 13.2 Å². The zero-order chi connectivity index (χ0) is 21.6. The van der Waals surface area contributed by atoms with Gasteiger partial charge in [-0.2, -0.15) is 0 Å². The SMILES string of the molecule is COc1ccc(CNC(=O)C[C@H](NS(=O)(=O)c2ccc(Br)cc2)c2cccs2)cc1. The number of rotatable bonds is 9. The minimum absolute atomic E-state index is 0.00751. The van der Waals surface area contributed by atoms with E-state index < -0.39 is 16.1 Å². The van der Waals surface area contributed by atoms with Crippen molar-refractivity contribution < 1.29 is 17.9 Å². The Morgan fingerprint density at radius 1 is 1.10 bits per heavy atom. The van der Waals surface area contributed by atoms with E-state index in [1.807, 2.05) is 41.8 Å². The molecular formula is C21H21BrN2O4S2. The van der Waals surface area contributed by atoms with Gasteiger partial charge in [0, 0.05) is 22.3 Å². The smallest absolute Gasteiger partial charge is 0.241 e. The molecule has 0 saturated carbocycles. The van der Waals surface area contributed by atoms with E-state index in [0.717, 1.165) is 20.7 Å². The van der Waals surface area contributed by atoms with Gasteiger partial charge in [0.2, 0.25) is 15.9 Å². The molecule has 2 N–H and O–H groups in total. The third kappa shape index (κ3) is 6.15. The highest BCUT2D eigenvalue weighted by atomic mass is 79.9. The van der Waals surface area contributed by atoms with Crippen LogP contribution in [0, 0.1) is 0 Å². The summed E-state index contributed by atoms with van der Waals surface area (Å²) in [6, 6.07) is 16.7. The summed E-state index contributed by atoms with van der Waals surface area (Å²) in [7, 11) is -2.19. The van der Waals surface area contributed by atoms with Gasteiger partial charge in [-0.3, -0.25) is 4.79 Å². The summed E-state index contributed by atoms with van der Waals surface area (Å²) < 4.78 is 34.2. The first-order chi connectivity index (χ1) is 14.4. The average molecular weight is 509 g/mol. The summed E-state index contributed by atoms with van der Waals surface area (Å²) in [6.45, 7) is 0.347. The summed E-state index contributed by atoms with van der Waals surface area (Å²) in [5, 5.41) is 4.70. The van der Waals surface area contributed by atoms with Gasteiger partial charge < -0.3 is 10.1 Å². The number of carbonyl (C=O) groups excluding carboxylic acids is 1. The second kappa shape index (κ2) is 10.2. The van der Waals surface area contributed by atoms with Crippen LogP contribution in [0.1, 0.15) is 22.9 Å². The van der Waals surface area contributed by atoms with E-state index in [4.69, 9.17) is 4.74 Å². The second-order valence-corrected chi connectivity index (χ2v) is 10.1. The molecule has 0 aliphatic heterocycles. The molecule has 0 bridgehead atoms. The standard InChI is InChI=1S/C21H21BrN2O4S2/c1-28-17-8-4-15(5-9-17)14-23-21(25)13-19(20-3-2-12-29-20)24-30(26,27)18-10-6-16(22)7-11-18/h2-12,19,24H,13-14H2,1H3,(H,23,25)/t19-/m0/s1. The molecule has 0 spiro atoms. The van der Waals surface area contributed by atoms with Crippen molar-refractivity contribution in [3.63, 3.8) is 0 Å². The van der Waals surface area contributed by atoms with Crippen molar-refractivity contribution in [1.82, 2.24) is 10.0 Å². The van der Waals surface area contributed by atoms with Crippen LogP contribution in [-0.4, -0.2) is 21.4 Å². The number of sulfonamides is 1. The summed E-state index contributed by atoms with van der Waals surface area (Å²) >= 11 is 4.70. The predicted octanol–water partition coefficient (Wildman–Crippen LogP) is 4.25. The maximum atomic E-state index is 12.8. The summed E-state index contributed by atoms with van der Waals surface area (Å²) in [4.78, 5) is 13.5. The zero-order valence-electron chi connectivity index (χ0n) is 16.2. The Hall–Kier alpha value is -2.20. The highest BCUT2D eigenvalue weighted by Gasteiger charge is 2.24. The topological polar surface area (TPSA) is 84.5 Å². The summed E-state index contributed by atoms with van der Waals surface area (Å²) in [5.74, 6) is 0.493. The van der Waals surface area contributed by atoms with E-state index in [-0.39, 0.29) is 17.2 Å². The lowest BCUT2D eigenvalue weighted by Crippen LogP contribution is -2.33. The second-order valence-electron chi connectivity index (χ2n) is 6.47. The lowest BCUT2D eigenvalue weighted by molar-refractivity contribution is -0.121. The fourth-order valence-corrected chi connectivity index (χ4v) is 5.09. The Morgan fingerprint density at radius 2 is 1.80 bits per heavy atom. The van der Waals surface area contributed by atoms with Gasteiger partial charge >= 0.3 is 0 Å². The van der Waals surface area contributed by atoms with Crippen molar-refractivity contribution in [2.24, 2.45) is 0 Å². The molecule has 30 heavy (non-hydrogen) atoms. The number of thiophene rings is 1.